The predicted octanol–water partition coefficient (Wildman–Crippen LogP) is 5.79. The molecule has 0 fully saturated rings. The molecule has 0 saturated carbocycles. The molecule has 0 bridgehead atoms. The Morgan fingerprint density at radius 3 is 2.28 bits per heavy atom. The van der Waals surface area contributed by atoms with E-state index in [1.165, 1.54) is 11.8 Å². The molecule has 0 saturated heterocycles. The second-order valence-corrected chi connectivity index (χ2v) is 9.07. The van der Waals surface area contributed by atoms with Gasteiger partial charge in [-0.3, -0.25) is 9.36 Å². The van der Waals surface area contributed by atoms with E-state index in [0.717, 1.165) is 16.8 Å². The van der Waals surface area contributed by atoms with Crippen LogP contribution in [0.3, 0.4) is 0 Å². The van der Waals surface area contributed by atoms with Crippen LogP contribution in [0.25, 0.3) is 11.4 Å². The number of carbonyl (C=O) groups is 1. The summed E-state index contributed by atoms with van der Waals surface area (Å²) in [5.74, 6) is 0.674. The molecule has 1 atom stereocenters. The highest BCUT2D eigenvalue weighted by molar-refractivity contribution is 8.00. The Hall–Kier alpha value is -3.09. The van der Waals surface area contributed by atoms with Crippen LogP contribution in [-0.4, -0.2) is 33.0 Å². The number of nitrogens with zero attached hydrogens (tertiary/aromatic N) is 4. The van der Waals surface area contributed by atoms with Crippen LogP contribution in [0.15, 0.2) is 90.1 Å². The number of carbonyl (C=O) groups excluding carboxylic acids is 1. The summed E-state index contributed by atoms with van der Waals surface area (Å²) >= 11 is 7.86. The lowest BCUT2D eigenvalue weighted by atomic mass is 10.2. The number of para-hydroxylation sites is 1. The van der Waals surface area contributed by atoms with E-state index in [0.29, 0.717) is 22.5 Å². The van der Waals surface area contributed by atoms with E-state index in [1.54, 1.807) is 11.9 Å². The minimum atomic E-state index is -0.349. The molecular formula is C25H23ClN4OS. The van der Waals surface area contributed by atoms with Crippen molar-refractivity contribution >= 4 is 35.0 Å². The molecule has 0 radical (unpaired) electrons. The third kappa shape index (κ3) is 4.87. The fraction of sp³-hybridized carbons (Fsp3) is 0.160. The molecular weight excluding hydrogens is 440 g/mol. The maximum absolute atomic E-state index is 13.1. The van der Waals surface area contributed by atoms with Crippen molar-refractivity contribution in [2.75, 3.05) is 11.9 Å². The van der Waals surface area contributed by atoms with E-state index in [9.17, 15) is 4.79 Å². The van der Waals surface area contributed by atoms with Crippen molar-refractivity contribution in [3.8, 4) is 11.4 Å². The molecule has 0 spiro atoms. The van der Waals surface area contributed by atoms with Gasteiger partial charge in [-0.1, -0.05) is 84.0 Å². The number of rotatable bonds is 7. The van der Waals surface area contributed by atoms with E-state index in [4.69, 9.17) is 11.6 Å². The van der Waals surface area contributed by atoms with Crippen molar-refractivity contribution in [1.29, 1.82) is 0 Å². The number of anilines is 1. The van der Waals surface area contributed by atoms with Gasteiger partial charge in [0, 0.05) is 18.3 Å². The van der Waals surface area contributed by atoms with Crippen molar-refractivity contribution in [3.63, 3.8) is 0 Å². The normalized spacial score (nSPS) is 11.8. The van der Waals surface area contributed by atoms with Gasteiger partial charge in [0.2, 0.25) is 5.91 Å². The van der Waals surface area contributed by atoms with E-state index >= 15 is 0 Å². The largest absolute Gasteiger partial charge is 0.315 e. The molecule has 0 unspecified atom stereocenters. The van der Waals surface area contributed by atoms with Gasteiger partial charge in [-0.05, 0) is 36.8 Å². The summed E-state index contributed by atoms with van der Waals surface area (Å²) in [6, 6.07) is 27.3. The first-order chi connectivity index (χ1) is 15.5. The molecule has 0 aliphatic heterocycles. The topological polar surface area (TPSA) is 51.0 Å². The Bertz CT molecular complexity index is 1200. The molecule has 32 heavy (non-hydrogen) atoms. The molecule has 4 rings (SSSR count). The summed E-state index contributed by atoms with van der Waals surface area (Å²) in [5.41, 5.74) is 2.78. The number of hydrogen-bond donors (Lipinski definition) is 0. The number of thioether (sulfide) groups is 1. The number of hydrogen-bond acceptors (Lipinski definition) is 4. The van der Waals surface area contributed by atoms with Crippen LogP contribution in [0.1, 0.15) is 12.5 Å². The Kier molecular flexibility index (Phi) is 6.93. The molecule has 1 heterocycles. The first-order valence-corrected chi connectivity index (χ1v) is 11.5. The third-order valence-corrected chi connectivity index (χ3v) is 6.52. The molecule has 0 aliphatic carbocycles. The highest BCUT2D eigenvalue weighted by Crippen LogP contribution is 2.32. The average Bonchev–Trinajstić information content (AvgIpc) is 3.21. The first-order valence-electron chi connectivity index (χ1n) is 10.3. The van der Waals surface area contributed by atoms with E-state index in [-0.39, 0.29) is 11.2 Å². The molecule has 7 heteroatoms. The van der Waals surface area contributed by atoms with Gasteiger partial charge in [-0.15, -0.1) is 10.2 Å². The van der Waals surface area contributed by atoms with Crippen LogP contribution in [0.4, 0.5) is 5.69 Å². The van der Waals surface area contributed by atoms with Gasteiger partial charge in [0.25, 0.3) is 0 Å². The fourth-order valence-electron chi connectivity index (χ4n) is 3.39. The lowest BCUT2D eigenvalue weighted by Crippen LogP contribution is -2.33. The van der Waals surface area contributed by atoms with Gasteiger partial charge in [-0.2, -0.15) is 0 Å². The fourth-order valence-corrected chi connectivity index (χ4v) is 4.55. The van der Waals surface area contributed by atoms with Crippen molar-refractivity contribution in [2.24, 2.45) is 0 Å². The van der Waals surface area contributed by atoms with Gasteiger partial charge < -0.3 is 4.90 Å². The monoisotopic (exact) mass is 462 g/mol. The van der Waals surface area contributed by atoms with Gasteiger partial charge in [0.1, 0.15) is 0 Å². The quantitative estimate of drug-likeness (QED) is 0.326. The van der Waals surface area contributed by atoms with Crippen LogP contribution < -0.4 is 4.90 Å². The molecule has 0 aliphatic rings. The molecule has 5 nitrogen and oxygen atoms in total. The molecule has 0 N–H and O–H groups in total. The van der Waals surface area contributed by atoms with Crippen LogP contribution in [0.2, 0.25) is 5.02 Å². The number of amides is 1. The molecule has 3 aromatic carbocycles. The zero-order valence-corrected chi connectivity index (χ0v) is 19.4. The van der Waals surface area contributed by atoms with Crippen LogP contribution in [0.5, 0.6) is 0 Å². The summed E-state index contributed by atoms with van der Waals surface area (Å²) in [7, 11) is 1.79. The minimum Gasteiger partial charge on any atom is -0.315 e. The Balaban J connectivity index is 1.64. The summed E-state index contributed by atoms with van der Waals surface area (Å²) in [5, 5.41) is 9.81. The second-order valence-electron chi connectivity index (χ2n) is 7.35. The second kappa shape index (κ2) is 10.0. The predicted molar refractivity (Wildman–Crippen MR) is 131 cm³/mol. The Labute approximate surface area is 197 Å². The van der Waals surface area contributed by atoms with Crippen LogP contribution in [-0.2, 0) is 11.3 Å². The lowest BCUT2D eigenvalue weighted by Gasteiger charge is -2.21. The molecule has 1 amide bonds. The molecule has 4 aromatic rings. The van der Waals surface area contributed by atoms with Crippen molar-refractivity contribution in [1.82, 2.24) is 14.8 Å². The highest BCUT2D eigenvalue weighted by atomic mass is 35.5. The Morgan fingerprint density at radius 1 is 0.969 bits per heavy atom. The number of aromatic nitrogens is 3. The smallest absolute Gasteiger partial charge is 0.240 e. The molecule has 162 valence electrons. The van der Waals surface area contributed by atoms with Crippen LogP contribution >= 0.6 is 23.4 Å². The Morgan fingerprint density at radius 2 is 1.59 bits per heavy atom. The third-order valence-electron chi connectivity index (χ3n) is 5.12. The van der Waals surface area contributed by atoms with Crippen molar-refractivity contribution < 1.29 is 4.79 Å². The average molecular weight is 463 g/mol. The standard InChI is InChI=1S/C25H23ClN4OS/c1-18(24(31)29(2)20-13-7-4-8-14-20)32-25-28-27-23(21-15-9-10-16-22(21)26)30(25)17-19-11-5-3-6-12-19/h3-16,18H,17H2,1-2H3/t18-/m0/s1. The van der Waals surface area contributed by atoms with Gasteiger partial charge >= 0.3 is 0 Å². The lowest BCUT2D eigenvalue weighted by molar-refractivity contribution is -0.117. The summed E-state index contributed by atoms with van der Waals surface area (Å²) in [6.45, 7) is 2.47. The SMILES string of the molecule is C[C@H](Sc1nnc(-c2ccccc2Cl)n1Cc1ccccc1)C(=O)N(C)c1ccccc1. The van der Waals surface area contributed by atoms with Crippen molar-refractivity contribution in [2.45, 2.75) is 23.9 Å². The van der Waals surface area contributed by atoms with Gasteiger partial charge in [0.15, 0.2) is 11.0 Å². The summed E-state index contributed by atoms with van der Waals surface area (Å²) in [4.78, 5) is 14.7. The summed E-state index contributed by atoms with van der Waals surface area (Å²) < 4.78 is 2.02. The van der Waals surface area contributed by atoms with Crippen molar-refractivity contribution in [3.05, 3.63) is 95.5 Å². The maximum atomic E-state index is 13.1. The zero-order chi connectivity index (χ0) is 22.5. The summed E-state index contributed by atoms with van der Waals surface area (Å²) in [6.07, 6.45) is 0. The molecule has 1 aromatic heterocycles. The number of benzene rings is 3. The van der Waals surface area contributed by atoms with E-state index in [1.807, 2.05) is 84.3 Å². The van der Waals surface area contributed by atoms with E-state index in [2.05, 4.69) is 22.3 Å². The van der Waals surface area contributed by atoms with Gasteiger partial charge in [0.05, 0.1) is 16.8 Å². The maximum Gasteiger partial charge on any atom is 0.240 e. The van der Waals surface area contributed by atoms with Gasteiger partial charge in [-0.25, -0.2) is 0 Å². The van der Waals surface area contributed by atoms with Crippen LogP contribution in [0, 0.1) is 0 Å². The zero-order valence-electron chi connectivity index (χ0n) is 17.9. The number of halogens is 1. The highest BCUT2D eigenvalue weighted by Gasteiger charge is 2.24. The van der Waals surface area contributed by atoms with E-state index < -0.39 is 0 Å². The minimum absolute atomic E-state index is 0.00486. The first kappa shape index (κ1) is 22.1.